The molecule has 0 aromatic carbocycles. The van der Waals surface area contributed by atoms with Crippen LogP contribution >= 0.6 is 11.8 Å². The number of hydrogen-bond acceptors (Lipinski definition) is 4. The molecule has 1 aromatic rings. The van der Waals surface area contributed by atoms with Crippen molar-refractivity contribution in [2.75, 3.05) is 23.7 Å². The summed E-state index contributed by atoms with van der Waals surface area (Å²) >= 11 is 1.67. The molecule has 0 saturated carbocycles. The highest BCUT2D eigenvalue weighted by Gasteiger charge is 2.15. The van der Waals surface area contributed by atoms with E-state index in [1.807, 2.05) is 12.3 Å². The van der Waals surface area contributed by atoms with Gasteiger partial charge >= 0.3 is 0 Å². The normalized spacial score (nSPS) is 15.3. The number of anilines is 1. The summed E-state index contributed by atoms with van der Waals surface area (Å²) in [5.41, 5.74) is 1.11. The van der Waals surface area contributed by atoms with Crippen molar-refractivity contribution in [2.24, 2.45) is 0 Å². The van der Waals surface area contributed by atoms with E-state index in [0.717, 1.165) is 24.5 Å². The maximum atomic E-state index is 11.8. The van der Waals surface area contributed by atoms with Gasteiger partial charge in [-0.25, -0.2) is 4.98 Å². The van der Waals surface area contributed by atoms with Crippen molar-refractivity contribution < 1.29 is 4.79 Å². The lowest BCUT2D eigenvalue weighted by molar-refractivity contribution is -0.118. The van der Waals surface area contributed by atoms with Crippen LogP contribution in [0, 0.1) is 0 Å². The van der Waals surface area contributed by atoms with Crippen LogP contribution in [0.2, 0.25) is 0 Å². The van der Waals surface area contributed by atoms with Crippen molar-refractivity contribution in [2.45, 2.75) is 44.9 Å². The van der Waals surface area contributed by atoms with Gasteiger partial charge in [-0.15, -0.1) is 11.8 Å². The number of rotatable bonds is 5. The van der Waals surface area contributed by atoms with Gasteiger partial charge in [-0.05, 0) is 30.5 Å². The van der Waals surface area contributed by atoms with Crippen LogP contribution in [0.1, 0.15) is 39.2 Å². The molecule has 1 N–H and O–H groups in total. The molecular formula is C16H25N3OS. The Hall–Kier alpha value is -1.23. The zero-order valence-electron chi connectivity index (χ0n) is 13.2. The van der Waals surface area contributed by atoms with E-state index in [0.29, 0.717) is 12.3 Å². The second-order valence-corrected chi connectivity index (χ2v) is 8.20. The van der Waals surface area contributed by atoms with Gasteiger partial charge in [0, 0.05) is 30.6 Å². The Balaban J connectivity index is 1.82. The fourth-order valence-corrected chi connectivity index (χ4v) is 2.89. The van der Waals surface area contributed by atoms with E-state index in [4.69, 9.17) is 0 Å². The van der Waals surface area contributed by atoms with E-state index in [2.05, 4.69) is 42.0 Å². The van der Waals surface area contributed by atoms with Gasteiger partial charge in [0.15, 0.2) is 0 Å². The van der Waals surface area contributed by atoms with E-state index in [1.165, 1.54) is 12.8 Å². The molecule has 2 rings (SSSR count). The van der Waals surface area contributed by atoms with Crippen molar-refractivity contribution in [3.8, 4) is 0 Å². The lowest BCUT2D eigenvalue weighted by Gasteiger charge is -2.18. The summed E-state index contributed by atoms with van der Waals surface area (Å²) in [4.78, 5) is 18.6. The molecule has 1 fully saturated rings. The number of nitrogens with zero attached hydrogens (tertiary/aromatic N) is 2. The summed E-state index contributed by atoms with van der Waals surface area (Å²) in [6.07, 6.45) is 4.32. The van der Waals surface area contributed by atoms with Crippen LogP contribution in [-0.4, -0.2) is 34.5 Å². The summed E-state index contributed by atoms with van der Waals surface area (Å²) in [5.74, 6) is 1.63. The minimum atomic E-state index is 0.0921. The van der Waals surface area contributed by atoms with Crippen LogP contribution in [0.15, 0.2) is 18.3 Å². The number of aromatic nitrogens is 1. The van der Waals surface area contributed by atoms with Crippen LogP contribution in [-0.2, 0) is 11.3 Å². The molecule has 0 atom stereocenters. The highest BCUT2D eigenvalue weighted by atomic mass is 32.2. The van der Waals surface area contributed by atoms with Crippen molar-refractivity contribution >= 4 is 23.5 Å². The van der Waals surface area contributed by atoms with Gasteiger partial charge in [0.1, 0.15) is 5.82 Å². The zero-order valence-corrected chi connectivity index (χ0v) is 14.0. The van der Waals surface area contributed by atoms with Gasteiger partial charge in [0.05, 0.1) is 5.75 Å². The summed E-state index contributed by atoms with van der Waals surface area (Å²) < 4.78 is 0.122. The van der Waals surface area contributed by atoms with E-state index in [-0.39, 0.29) is 10.7 Å². The summed E-state index contributed by atoms with van der Waals surface area (Å²) in [6.45, 7) is 9.12. The Morgan fingerprint density at radius 1 is 1.38 bits per heavy atom. The van der Waals surface area contributed by atoms with Crippen molar-refractivity contribution in [3.63, 3.8) is 0 Å². The third kappa shape index (κ3) is 5.58. The predicted molar refractivity (Wildman–Crippen MR) is 89.7 cm³/mol. The van der Waals surface area contributed by atoms with E-state index >= 15 is 0 Å². The minimum absolute atomic E-state index is 0.0921. The smallest absolute Gasteiger partial charge is 0.230 e. The molecular weight excluding hydrogens is 282 g/mol. The molecule has 1 aromatic heterocycles. The average Bonchev–Trinajstić information content (AvgIpc) is 2.96. The number of carbonyl (C=O) groups excluding carboxylic acids is 1. The molecule has 0 aliphatic carbocycles. The topological polar surface area (TPSA) is 45.2 Å². The Labute approximate surface area is 131 Å². The second kappa shape index (κ2) is 7.16. The van der Waals surface area contributed by atoms with Crippen LogP contribution < -0.4 is 10.2 Å². The maximum absolute atomic E-state index is 11.8. The maximum Gasteiger partial charge on any atom is 0.230 e. The average molecular weight is 307 g/mol. The molecule has 0 bridgehead atoms. The number of thioether (sulfide) groups is 1. The SMILES string of the molecule is CC(C)(C)SCC(=O)NCc1ccnc(N2CCCC2)c1. The third-order valence-electron chi connectivity index (χ3n) is 3.37. The first kappa shape index (κ1) is 16.1. The van der Waals surface area contributed by atoms with E-state index in [9.17, 15) is 4.79 Å². The number of amides is 1. The van der Waals surface area contributed by atoms with Crippen LogP contribution in [0.5, 0.6) is 0 Å². The lowest BCUT2D eigenvalue weighted by Crippen LogP contribution is -2.27. The number of nitrogens with one attached hydrogen (secondary N) is 1. The van der Waals surface area contributed by atoms with E-state index < -0.39 is 0 Å². The fraction of sp³-hybridized carbons (Fsp3) is 0.625. The van der Waals surface area contributed by atoms with Gasteiger partial charge < -0.3 is 10.2 Å². The molecule has 116 valence electrons. The standard InChI is InChI=1S/C16H25N3OS/c1-16(2,3)21-12-15(20)18-11-13-6-7-17-14(10-13)19-8-4-5-9-19/h6-7,10H,4-5,8-9,11-12H2,1-3H3,(H,18,20). The molecule has 1 aliphatic rings. The lowest BCUT2D eigenvalue weighted by atomic mass is 10.2. The highest BCUT2D eigenvalue weighted by molar-refractivity contribution is 8.01. The number of hydrogen-bond donors (Lipinski definition) is 1. The van der Waals surface area contributed by atoms with Gasteiger partial charge in [0.2, 0.25) is 5.91 Å². The largest absolute Gasteiger partial charge is 0.357 e. The molecule has 0 radical (unpaired) electrons. The Bertz CT molecular complexity index is 479. The monoisotopic (exact) mass is 307 g/mol. The Morgan fingerprint density at radius 3 is 2.76 bits per heavy atom. The van der Waals surface area contributed by atoms with E-state index in [1.54, 1.807) is 11.8 Å². The molecule has 0 spiro atoms. The number of carbonyl (C=O) groups is 1. The fourth-order valence-electron chi connectivity index (χ4n) is 2.22. The molecule has 1 amide bonds. The van der Waals surface area contributed by atoms with Crippen LogP contribution in [0.4, 0.5) is 5.82 Å². The summed E-state index contributed by atoms with van der Waals surface area (Å²) in [6, 6.07) is 4.05. The van der Waals surface area contributed by atoms with Crippen molar-refractivity contribution in [1.82, 2.24) is 10.3 Å². The second-order valence-electron chi connectivity index (χ2n) is 6.39. The molecule has 1 saturated heterocycles. The molecule has 1 aliphatic heterocycles. The highest BCUT2D eigenvalue weighted by Crippen LogP contribution is 2.22. The predicted octanol–water partition coefficient (Wildman–Crippen LogP) is 2.83. The molecule has 4 nitrogen and oxygen atoms in total. The third-order valence-corrected chi connectivity index (χ3v) is 4.64. The van der Waals surface area contributed by atoms with Gasteiger partial charge in [-0.2, -0.15) is 0 Å². The first-order valence-corrected chi connectivity index (χ1v) is 8.53. The van der Waals surface area contributed by atoms with Crippen molar-refractivity contribution in [1.29, 1.82) is 0 Å². The van der Waals surface area contributed by atoms with Gasteiger partial charge in [-0.1, -0.05) is 20.8 Å². The number of pyridine rings is 1. The molecule has 21 heavy (non-hydrogen) atoms. The Morgan fingerprint density at radius 2 is 2.10 bits per heavy atom. The van der Waals surface area contributed by atoms with Gasteiger partial charge in [0.25, 0.3) is 0 Å². The molecule has 2 heterocycles. The zero-order chi connectivity index (χ0) is 15.3. The van der Waals surface area contributed by atoms with Crippen molar-refractivity contribution in [3.05, 3.63) is 23.9 Å². The first-order chi connectivity index (χ1) is 9.94. The summed E-state index contributed by atoms with van der Waals surface area (Å²) in [7, 11) is 0. The molecule has 5 heteroatoms. The molecule has 0 unspecified atom stereocenters. The summed E-state index contributed by atoms with van der Waals surface area (Å²) in [5, 5.41) is 2.98. The Kier molecular flexibility index (Phi) is 5.51. The quantitative estimate of drug-likeness (QED) is 0.908. The van der Waals surface area contributed by atoms with Crippen LogP contribution in [0.25, 0.3) is 0 Å². The van der Waals surface area contributed by atoms with Crippen LogP contribution in [0.3, 0.4) is 0 Å². The minimum Gasteiger partial charge on any atom is -0.357 e. The first-order valence-electron chi connectivity index (χ1n) is 7.54. The van der Waals surface area contributed by atoms with Gasteiger partial charge in [-0.3, -0.25) is 4.79 Å².